The molecule has 1 aromatic carbocycles. The molecule has 0 atom stereocenters. The first-order chi connectivity index (χ1) is 9.88. The molecule has 0 aliphatic carbocycles. The summed E-state index contributed by atoms with van der Waals surface area (Å²) < 4.78 is 24.5. The average Bonchev–Trinajstić information content (AvgIpc) is 2.83. The van der Waals surface area contributed by atoms with Crippen LogP contribution in [0.3, 0.4) is 0 Å². The lowest BCUT2D eigenvalue weighted by molar-refractivity contribution is 0.609. The largest absolute Gasteiger partial charge is 0.381 e. The first-order valence-corrected chi connectivity index (χ1v) is 8.19. The Hall–Kier alpha value is -2.19. The second-order valence-electron chi connectivity index (χ2n) is 4.44. The molecule has 3 aromatic rings. The van der Waals surface area contributed by atoms with Gasteiger partial charge in [0.05, 0.1) is 16.8 Å². The first-order valence-electron chi connectivity index (χ1n) is 5.88. The minimum Gasteiger partial charge on any atom is -0.381 e. The van der Waals surface area contributed by atoms with Crippen LogP contribution < -0.4 is 5.73 Å². The third kappa shape index (κ3) is 2.32. The molecule has 0 saturated heterocycles. The smallest absolute Gasteiger partial charge is 0.261 e. The van der Waals surface area contributed by atoms with Gasteiger partial charge in [-0.15, -0.1) is 0 Å². The molecule has 108 valence electrons. The zero-order valence-electron chi connectivity index (χ0n) is 10.9. The number of anilines is 1. The highest BCUT2D eigenvalue weighted by molar-refractivity contribution is 8.13. The molecule has 3 rings (SSSR count). The number of nitrogens with two attached hydrogens (primary N) is 1. The topological polar surface area (TPSA) is 103 Å². The Morgan fingerprint density at radius 3 is 2.76 bits per heavy atom. The average molecular weight is 324 g/mol. The van der Waals surface area contributed by atoms with Gasteiger partial charge in [0, 0.05) is 16.2 Å². The number of rotatable bonds is 2. The molecule has 0 fully saturated rings. The number of nitrogens with zero attached hydrogens (tertiary/aromatic N) is 4. The summed E-state index contributed by atoms with van der Waals surface area (Å²) in [4.78, 5) is 8.03. The van der Waals surface area contributed by atoms with Crippen molar-refractivity contribution in [2.75, 3.05) is 5.73 Å². The molecule has 0 saturated carbocycles. The molecule has 21 heavy (non-hydrogen) atoms. The number of aryl methyl sites for hydroxylation is 1. The van der Waals surface area contributed by atoms with Gasteiger partial charge >= 0.3 is 0 Å². The number of benzene rings is 1. The van der Waals surface area contributed by atoms with Crippen LogP contribution in [-0.2, 0) is 9.05 Å². The second kappa shape index (κ2) is 4.68. The van der Waals surface area contributed by atoms with Gasteiger partial charge in [-0.25, -0.2) is 22.9 Å². The number of hydrogen-bond donors (Lipinski definition) is 1. The highest BCUT2D eigenvalue weighted by Gasteiger charge is 2.16. The maximum Gasteiger partial charge on any atom is 0.261 e. The Morgan fingerprint density at radius 2 is 2.05 bits per heavy atom. The van der Waals surface area contributed by atoms with Crippen molar-refractivity contribution in [2.45, 2.75) is 11.8 Å². The molecular formula is C12H10ClN5O2S. The zero-order valence-corrected chi connectivity index (χ0v) is 12.4. The summed E-state index contributed by atoms with van der Waals surface area (Å²) >= 11 is 0. The molecule has 9 heteroatoms. The van der Waals surface area contributed by atoms with Crippen molar-refractivity contribution in [1.82, 2.24) is 19.6 Å². The first kappa shape index (κ1) is 13.8. The summed E-state index contributed by atoms with van der Waals surface area (Å²) in [7, 11) is 1.58. The minimum atomic E-state index is -3.81. The van der Waals surface area contributed by atoms with Gasteiger partial charge in [-0.2, -0.15) is 5.10 Å². The van der Waals surface area contributed by atoms with Gasteiger partial charge in [-0.3, -0.25) is 0 Å². The molecule has 2 N–H and O–H groups in total. The molecule has 0 aliphatic rings. The van der Waals surface area contributed by atoms with E-state index < -0.39 is 9.05 Å². The fourth-order valence-corrected chi connectivity index (χ4v) is 2.82. The Labute approximate surface area is 124 Å². The molecule has 2 heterocycles. The van der Waals surface area contributed by atoms with Gasteiger partial charge in [0.25, 0.3) is 9.05 Å². The fourth-order valence-electron chi connectivity index (χ4n) is 2.05. The number of halogens is 1. The van der Waals surface area contributed by atoms with Crippen LogP contribution in [0.5, 0.6) is 0 Å². The van der Waals surface area contributed by atoms with E-state index in [1.165, 1.54) is 23.0 Å². The van der Waals surface area contributed by atoms with E-state index >= 15 is 0 Å². The Balaban J connectivity index is 2.30. The summed E-state index contributed by atoms with van der Waals surface area (Å²) in [5, 5.41) is 4.09. The van der Waals surface area contributed by atoms with Crippen molar-refractivity contribution in [2.24, 2.45) is 0 Å². The van der Waals surface area contributed by atoms with Crippen LogP contribution in [0.2, 0.25) is 0 Å². The molecule has 0 spiro atoms. The molecule has 0 unspecified atom stereocenters. The van der Waals surface area contributed by atoms with E-state index in [-0.39, 0.29) is 10.7 Å². The monoisotopic (exact) mass is 323 g/mol. The van der Waals surface area contributed by atoms with Crippen LogP contribution in [0.15, 0.2) is 35.6 Å². The van der Waals surface area contributed by atoms with Gasteiger partial charge < -0.3 is 5.73 Å². The lowest BCUT2D eigenvalue weighted by Gasteiger charge is -2.07. The summed E-state index contributed by atoms with van der Waals surface area (Å²) in [6, 6.07) is 4.61. The third-order valence-corrected chi connectivity index (χ3v) is 4.45. The highest BCUT2D eigenvalue weighted by Crippen LogP contribution is 2.28. The Morgan fingerprint density at radius 1 is 1.29 bits per heavy atom. The van der Waals surface area contributed by atoms with Crippen molar-refractivity contribution in [3.05, 3.63) is 36.3 Å². The zero-order chi connectivity index (χ0) is 15.2. The molecular weight excluding hydrogens is 314 g/mol. The van der Waals surface area contributed by atoms with E-state index in [2.05, 4.69) is 15.1 Å². The number of nitrogen functional groups attached to an aromatic ring is 1. The number of hydrogen-bond acceptors (Lipinski definition) is 6. The normalized spacial score (nSPS) is 11.9. The molecule has 7 nitrogen and oxygen atoms in total. The summed E-state index contributed by atoms with van der Waals surface area (Å²) in [6.45, 7) is 1.85. The van der Waals surface area contributed by atoms with Crippen molar-refractivity contribution in [3.63, 3.8) is 0 Å². The predicted molar refractivity (Wildman–Crippen MR) is 78.4 cm³/mol. The maximum atomic E-state index is 11.5. The maximum absolute atomic E-state index is 11.5. The lowest BCUT2D eigenvalue weighted by Crippen LogP contribution is -2.01. The van der Waals surface area contributed by atoms with E-state index in [0.29, 0.717) is 16.9 Å². The van der Waals surface area contributed by atoms with E-state index in [1.807, 2.05) is 6.92 Å². The van der Waals surface area contributed by atoms with Crippen LogP contribution in [0.4, 0.5) is 5.82 Å². The highest BCUT2D eigenvalue weighted by atomic mass is 35.7. The van der Waals surface area contributed by atoms with Gasteiger partial charge in [-0.05, 0) is 24.6 Å². The quantitative estimate of drug-likeness (QED) is 0.719. The molecule has 0 aliphatic heterocycles. The van der Waals surface area contributed by atoms with E-state index in [1.54, 1.807) is 12.3 Å². The fraction of sp³-hybridized carbons (Fsp3) is 0.0833. The molecule has 2 aromatic heterocycles. The molecule has 0 amide bonds. The summed E-state index contributed by atoms with van der Waals surface area (Å²) in [5.41, 5.74) is 8.27. The van der Waals surface area contributed by atoms with Gasteiger partial charge in [0.1, 0.15) is 6.33 Å². The second-order valence-corrected chi connectivity index (χ2v) is 7.00. The van der Waals surface area contributed by atoms with E-state index in [4.69, 9.17) is 16.4 Å². The molecule has 0 radical (unpaired) electrons. The minimum absolute atomic E-state index is 0.0155. The van der Waals surface area contributed by atoms with Crippen molar-refractivity contribution >= 4 is 31.2 Å². The number of fused-ring (bicyclic) bond motifs is 1. The Kier molecular flexibility index (Phi) is 3.07. The van der Waals surface area contributed by atoms with Crippen molar-refractivity contribution < 1.29 is 8.42 Å². The van der Waals surface area contributed by atoms with Crippen molar-refractivity contribution in [3.8, 4) is 11.3 Å². The van der Waals surface area contributed by atoms with Crippen LogP contribution in [0.25, 0.3) is 16.9 Å². The summed E-state index contributed by atoms with van der Waals surface area (Å²) in [6.07, 6.45) is 2.87. The van der Waals surface area contributed by atoms with Gasteiger partial charge in [0.2, 0.25) is 0 Å². The van der Waals surface area contributed by atoms with Crippen LogP contribution in [0, 0.1) is 6.92 Å². The van der Waals surface area contributed by atoms with Gasteiger partial charge in [-0.1, -0.05) is 6.07 Å². The van der Waals surface area contributed by atoms with Crippen LogP contribution in [0.1, 0.15) is 5.56 Å². The number of aromatic nitrogens is 4. The number of imidazole rings is 1. The van der Waals surface area contributed by atoms with Crippen molar-refractivity contribution in [1.29, 1.82) is 0 Å². The lowest BCUT2D eigenvalue weighted by atomic mass is 10.1. The van der Waals surface area contributed by atoms with Gasteiger partial charge in [0.15, 0.2) is 11.5 Å². The van der Waals surface area contributed by atoms with E-state index in [0.717, 1.165) is 5.56 Å². The Bertz CT molecular complexity index is 951. The standard InChI is InChI=1S/C12H10ClN5O2S/c1-7-2-3-8(21(13,19)20)4-9(7)10-5-15-12-11(14)16-6-17-18(10)12/h2-6H,1H3,(H2,14,16,17). The van der Waals surface area contributed by atoms with Crippen LogP contribution >= 0.6 is 10.7 Å². The van der Waals surface area contributed by atoms with E-state index in [9.17, 15) is 8.42 Å². The SMILES string of the molecule is Cc1ccc(S(=O)(=O)Cl)cc1-c1cnc2c(N)ncnn12. The predicted octanol–water partition coefficient (Wildman–Crippen LogP) is 1.61. The molecule has 0 bridgehead atoms. The summed E-state index contributed by atoms with van der Waals surface area (Å²) in [5.74, 6) is 0.245. The van der Waals surface area contributed by atoms with Crippen LogP contribution in [-0.4, -0.2) is 28.0 Å². The third-order valence-electron chi connectivity index (χ3n) is 3.10.